The first-order valence-corrected chi connectivity index (χ1v) is 32.5. The molecule has 0 aromatic heterocycles. The molecular weight excluding hydrogens is 1240 g/mol. The summed E-state index contributed by atoms with van der Waals surface area (Å²) in [6.07, 6.45) is -36.3. The minimum Gasteiger partial charge on any atom is -0.467 e. The Bertz CT molecular complexity index is 2600. The summed E-state index contributed by atoms with van der Waals surface area (Å²) in [7, 11) is 1.04. The molecule has 10 rings (SSSR count). The second-order valence-electron chi connectivity index (χ2n) is 29.4. The van der Waals surface area contributed by atoms with Crippen molar-refractivity contribution in [2.45, 2.75) is 259 Å². The molecule has 0 aromatic rings. The summed E-state index contributed by atoms with van der Waals surface area (Å²) in [6, 6.07) is 0. The Labute approximate surface area is 537 Å². The van der Waals surface area contributed by atoms with Gasteiger partial charge in [0.2, 0.25) is 0 Å². The average Bonchev–Trinajstić information content (AvgIpc) is 0.675. The van der Waals surface area contributed by atoms with Crippen molar-refractivity contribution in [3.05, 3.63) is 11.6 Å². The molecule has 4 saturated carbocycles. The number of aliphatic hydroxyl groups is 17. The van der Waals surface area contributed by atoms with Crippen molar-refractivity contribution in [2.24, 2.45) is 50.2 Å². The maximum atomic E-state index is 14.3. The van der Waals surface area contributed by atoms with E-state index in [1.807, 2.05) is 0 Å². The zero-order valence-electron chi connectivity index (χ0n) is 53.5. The zero-order chi connectivity index (χ0) is 68.0. The predicted molar refractivity (Wildman–Crippen MR) is 308 cm³/mol. The van der Waals surface area contributed by atoms with Crippen LogP contribution in [0.25, 0.3) is 0 Å². The highest BCUT2D eigenvalue weighted by atomic mass is 16.8. The van der Waals surface area contributed by atoms with Crippen molar-refractivity contribution in [1.29, 1.82) is 0 Å². The summed E-state index contributed by atoms with van der Waals surface area (Å²) in [6.45, 7) is 8.65. The van der Waals surface area contributed by atoms with E-state index in [0.717, 1.165) is 12.7 Å². The van der Waals surface area contributed by atoms with E-state index in [4.69, 9.17) is 52.1 Å². The molecule has 17 N–H and O–H groups in total. The molecule has 9 fully saturated rings. The molecule has 10 aliphatic rings. The first kappa shape index (κ1) is 73.3. The SMILES string of the molecule is COC(=O)[C@H]1O[C@H](OC[C@H](O)COC(=O)[C@@]2(C)CC[C@]3(CO)[C@H](O)C[C@]4(C)C(=CC[C@@H]5[C@@]6(C)CC[C@H](O[C@@H]7OC[C@H](O[C@@H]8O[C@H](CO)[C@@H](O)[C@H](O)[C@H]8O[C@@H]8OC[C@@H](O)[C@H](O)[C@H]8O)[C@H](O)[C@H]7O[C@@H]7O[C@H](CO)[C@@H](O)[C@H](O)[C@H]7O)C(C)(C)[C@@H]6CC[C@]54C)[C@@H]3C2)[C@H](O)[C@@H](O)[C@@H]1O. The highest BCUT2D eigenvalue weighted by Gasteiger charge is 2.71. The van der Waals surface area contributed by atoms with Gasteiger partial charge in [-0.2, -0.15) is 0 Å². The summed E-state index contributed by atoms with van der Waals surface area (Å²) < 4.78 is 69.9. The van der Waals surface area contributed by atoms with E-state index in [9.17, 15) is 96.4 Å². The molecule has 0 bridgehead atoms. The lowest BCUT2D eigenvalue weighted by atomic mass is 9.33. The van der Waals surface area contributed by atoms with Gasteiger partial charge >= 0.3 is 11.9 Å². The van der Waals surface area contributed by atoms with Crippen molar-refractivity contribution in [3.63, 3.8) is 0 Å². The van der Waals surface area contributed by atoms with Gasteiger partial charge in [-0.3, -0.25) is 4.79 Å². The van der Waals surface area contributed by atoms with Gasteiger partial charge in [0.1, 0.15) is 116 Å². The molecule has 534 valence electrons. The van der Waals surface area contributed by atoms with Crippen LogP contribution in [0.3, 0.4) is 0 Å². The Morgan fingerprint density at radius 1 is 0.591 bits per heavy atom. The van der Waals surface area contributed by atoms with Crippen LogP contribution in [0.15, 0.2) is 11.6 Å². The monoisotopic (exact) mass is 1340 g/mol. The van der Waals surface area contributed by atoms with Gasteiger partial charge in [-0.15, -0.1) is 0 Å². The van der Waals surface area contributed by atoms with E-state index in [0.29, 0.717) is 38.5 Å². The topological polar surface area (TPSA) is 489 Å². The second kappa shape index (κ2) is 28.0. The number of carbonyl (C=O) groups excluding carboxylic acids is 2. The molecular formula is C62H100O31. The molecule has 0 unspecified atom stereocenters. The Morgan fingerprint density at radius 2 is 1.20 bits per heavy atom. The Hall–Kier alpha value is -2.40. The number of ether oxygens (including phenoxy) is 12. The first-order chi connectivity index (χ1) is 43.7. The fourth-order valence-electron chi connectivity index (χ4n) is 18.0. The maximum Gasteiger partial charge on any atom is 0.337 e. The van der Waals surface area contributed by atoms with E-state index >= 15 is 0 Å². The fraction of sp³-hybridized carbons (Fsp3) is 0.935. The number of methoxy groups -OCH3 is 1. The van der Waals surface area contributed by atoms with Gasteiger partial charge in [-0.25, -0.2) is 4.79 Å². The van der Waals surface area contributed by atoms with E-state index in [1.165, 1.54) is 0 Å². The van der Waals surface area contributed by atoms with Gasteiger partial charge in [0.05, 0.1) is 64.4 Å². The van der Waals surface area contributed by atoms with Crippen molar-refractivity contribution in [2.75, 3.05) is 53.4 Å². The molecule has 31 nitrogen and oxygen atoms in total. The Morgan fingerprint density at radius 3 is 1.87 bits per heavy atom. The quantitative estimate of drug-likeness (QED) is 0.0346. The van der Waals surface area contributed by atoms with Crippen LogP contribution in [0.5, 0.6) is 0 Å². The van der Waals surface area contributed by atoms with Gasteiger partial charge in [0.25, 0.3) is 0 Å². The van der Waals surface area contributed by atoms with Crippen LogP contribution in [0.4, 0.5) is 0 Å². The van der Waals surface area contributed by atoms with E-state index in [-0.39, 0.29) is 43.1 Å². The summed E-state index contributed by atoms with van der Waals surface area (Å²) in [5.74, 6) is -2.10. The van der Waals surface area contributed by atoms with E-state index < -0.39 is 244 Å². The van der Waals surface area contributed by atoms with Crippen molar-refractivity contribution < 1.29 is 153 Å². The van der Waals surface area contributed by atoms with Gasteiger partial charge in [0.15, 0.2) is 37.6 Å². The molecule has 0 spiro atoms. The standard InChI is InChI=1S/C62H100O31/c1-57(2)32-10-13-60(5)33(9-8-26-27-16-58(3,14-15-62(27,24-65)34(68)17-61(26,60)6)56(81)86-21-25(66)20-83-52-45(78)41(74)43(76)47(91-52)50(80)82-7)59(32,4)12-11-35(57)90-54-48(93-53-46(79)40(73)37(70)29(18-63)87-53)39(72)31(23-85-54)89-55-49(42(75)38(71)30(19-64)88-55)92-51-44(77)36(69)28(67)22-84-51/h8,25,27-49,51-55,63-79H,9-24H2,1-7H3/t25-,27-,28+,29+,30+,31-,32-,33+,34+,35-,36-,37+,38+,39-,40-,41-,42-,43-,44+,45+,46+,47-,48+,49+,51-,52-,53-,54-,55-,58-,59-,60+,61+,62+/m0/s1. The number of rotatable bonds is 18. The van der Waals surface area contributed by atoms with Crippen LogP contribution in [0, 0.1) is 50.2 Å². The normalized spacial score (nSPS) is 51.8. The van der Waals surface area contributed by atoms with Crippen molar-refractivity contribution in [1.82, 2.24) is 0 Å². The lowest BCUT2D eigenvalue weighted by Gasteiger charge is -2.72. The minimum atomic E-state index is -1.95. The van der Waals surface area contributed by atoms with Crippen LogP contribution in [0.2, 0.25) is 0 Å². The summed E-state index contributed by atoms with van der Waals surface area (Å²) in [5, 5.41) is 185. The molecule has 5 aliphatic heterocycles. The van der Waals surface area contributed by atoms with Crippen LogP contribution in [0.1, 0.15) is 99.3 Å². The van der Waals surface area contributed by atoms with Crippen LogP contribution in [-0.2, 0) is 66.4 Å². The third-order valence-electron chi connectivity index (χ3n) is 24.0. The molecule has 5 saturated heterocycles. The average molecular weight is 1340 g/mol. The van der Waals surface area contributed by atoms with Gasteiger partial charge in [-0.1, -0.05) is 46.3 Å². The summed E-state index contributed by atoms with van der Waals surface area (Å²) in [4.78, 5) is 26.4. The molecule has 5 heterocycles. The van der Waals surface area contributed by atoms with Gasteiger partial charge in [0, 0.05) is 5.41 Å². The number of esters is 2. The lowest BCUT2D eigenvalue weighted by Crippen LogP contribution is -2.68. The molecule has 93 heavy (non-hydrogen) atoms. The van der Waals surface area contributed by atoms with E-state index in [2.05, 4.69) is 45.4 Å². The molecule has 0 radical (unpaired) electrons. The lowest BCUT2D eigenvalue weighted by molar-refractivity contribution is -0.392. The zero-order valence-corrected chi connectivity index (χ0v) is 53.5. The molecule has 0 aromatic carbocycles. The molecule has 31 heteroatoms. The second-order valence-corrected chi connectivity index (χ2v) is 29.4. The van der Waals surface area contributed by atoms with Crippen LogP contribution in [-0.4, -0.2) is 312 Å². The Balaban J connectivity index is 0.850. The largest absolute Gasteiger partial charge is 0.467 e. The van der Waals surface area contributed by atoms with E-state index in [1.54, 1.807) is 6.92 Å². The minimum absolute atomic E-state index is 0.0254. The van der Waals surface area contributed by atoms with Crippen molar-refractivity contribution >= 4 is 11.9 Å². The fourth-order valence-corrected chi connectivity index (χ4v) is 18.0. The highest BCUT2D eigenvalue weighted by Crippen LogP contribution is 2.76. The van der Waals surface area contributed by atoms with Crippen LogP contribution >= 0.6 is 0 Å². The highest BCUT2D eigenvalue weighted by molar-refractivity contribution is 5.77. The third kappa shape index (κ3) is 12.8. The number of allylic oxidation sites excluding steroid dienone is 2. The van der Waals surface area contributed by atoms with Gasteiger partial charge in [-0.05, 0) is 104 Å². The first-order valence-electron chi connectivity index (χ1n) is 32.5. The van der Waals surface area contributed by atoms with Gasteiger partial charge < -0.3 is 144 Å². The summed E-state index contributed by atoms with van der Waals surface area (Å²) >= 11 is 0. The molecule has 34 atom stereocenters. The Kier molecular flexibility index (Phi) is 22.0. The van der Waals surface area contributed by atoms with Crippen LogP contribution < -0.4 is 0 Å². The number of aliphatic hydroxyl groups excluding tert-OH is 17. The molecule has 5 aliphatic carbocycles. The number of hydrogen-bond donors (Lipinski definition) is 17. The number of carbonyl (C=O) groups is 2. The summed E-state index contributed by atoms with van der Waals surface area (Å²) in [5.41, 5.74) is -3.15. The predicted octanol–water partition coefficient (Wildman–Crippen LogP) is -5.43. The molecule has 0 amide bonds. The maximum absolute atomic E-state index is 14.3. The van der Waals surface area contributed by atoms with Crippen molar-refractivity contribution in [3.8, 4) is 0 Å². The number of hydrogen-bond acceptors (Lipinski definition) is 31. The number of fused-ring (bicyclic) bond motifs is 7. The third-order valence-corrected chi connectivity index (χ3v) is 24.0. The smallest absolute Gasteiger partial charge is 0.337 e.